The van der Waals surface area contributed by atoms with E-state index in [2.05, 4.69) is 45.1 Å². The summed E-state index contributed by atoms with van der Waals surface area (Å²) in [7, 11) is 0. The summed E-state index contributed by atoms with van der Waals surface area (Å²) in [4.78, 5) is 9.77. The minimum atomic E-state index is 0.409. The van der Waals surface area contributed by atoms with Crippen molar-refractivity contribution in [1.82, 2.24) is 9.88 Å². The fourth-order valence-electron chi connectivity index (χ4n) is 4.19. The Morgan fingerprint density at radius 1 is 1.00 bits per heavy atom. The van der Waals surface area contributed by atoms with Gasteiger partial charge in [0.15, 0.2) is 0 Å². The molecule has 4 heteroatoms. The lowest BCUT2D eigenvalue weighted by Crippen LogP contribution is -2.52. The van der Waals surface area contributed by atoms with E-state index in [0.717, 1.165) is 32.0 Å². The maximum absolute atomic E-state index is 6.17. The Kier molecular flexibility index (Phi) is 4.19. The van der Waals surface area contributed by atoms with Crippen molar-refractivity contribution < 1.29 is 0 Å². The molecule has 2 N–H and O–H groups in total. The van der Waals surface area contributed by atoms with E-state index in [-0.39, 0.29) is 0 Å². The number of pyridine rings is 1. The molecule has 1 aromatic heterocycles. The highest BCUT2D eigenvalue weighted by Gasteiger charge is 2.28. The van der Waals surface area contributed by atoms with E-state index in [9.17, 15) is 0 Å². The van der Waals surface area contributed by atoms with E-state index in [1.54, 1.807) is 0 Å². The van der Waals surface area contributed by atoms with Crippen LogP contribution < -0.4 is 10.6 Å². The summed E-state index contributed by atoms with van der Waals surface area (Å²) in [6.07, 6.45) is 6.92. The Bertz CT molecular complexity index is 658. The molecule has 23 heavy (non-hydrogen) atoms. The molecule has 2 atom stereocenters. The third kappa shape index (κ3) is 3.06. The average molecular weight is 310 g/mol. The molecule has 2 fully saturated rings. The van der Waals surface area contributed by atoms with Gasteiger partial charge in [0, 0.05) is 49.8 Å². The molecule has 2 aliphatic rings. The van der Waals surface area contributed by atoms with Gasteiger partial charge in [0.25, 0.3) is 0 Å². The van der Waals surface area contributed by atoms with E-state index in [1.165, 1.54) is 36.5 Å². The van der Waals surface area contributed by atoms with Gasteiger partial charge in [0.2, 0.25) is 0 Å². The van der Waals surface area contributed by atoms with Crippen LogP contribution in [0, 0.1) is 0 Å². The second-order valence-electron chi connectivity index (χ2n) is 6.96. The molecular formula is C19H26N4. The van der Waals surface area contributed by atoms with Gasteiger partial charge >= 0.3 is 0 Å². The zero-order chi connectivity index (χ0) is 15.6. The largest absolute Gasteiger partial charge is 0.354 e. The second-order valence-corrected chi connectivity index (χ2v) is 6.96. The number of fused-ring (bicyclic) bond motifs is 1. The Morgan fingerprint density at radius 3 is 2.65 bits per heavy atom. The topological polar surface area (TPSA) is 45.4 Å². The van der Waals surface area contributed by atoms with Gasteiger partial charge in [-0.25, -0.2) is 4.98 Å². The summed E-state index contributed by atoms with van der Waals surface area (Å²) in [6, 6.07) is 11.7. The summed E-state index contributed by atoms with van der Waals surface area (Å²) in [5, 5.41) is 2.54. The number of anilines is 1. The number of piperazine rings is 1. The lowest BCUT2D eigenvalue weighted by atomic mass is 9.90. The van der Waals surface area contributed by atoms with Crippen LogP contribution in [-0.4, -0.2) is 48.1 Å². The minimum Gasteiger partial charge on any atom is -0.354 e. The average Bonchev–Trinajstić information content (AvgIpc) is 2.61. The summed E-state index contributed by atoms with van der Waals surface area (Å²) in [5.74, 6) is 1.14. The monoisotopic (exact) mass is 310 g/mol. The molecular weight excluding hydrogens is 284 g/mol. The highest BCUT2D eigenvalue weighted by atomic mass is 15.3. The third-order valence-corrected chi connectivity index (χ3v) is 5.47. The predicted molar refractivity (Wildman–Crippen MR) is 95.8 cm³/mol. The lowest BCUT2D eigenvalue weighted by Gasteiger charge is -2.42. The number of hydrogen-bond acceptors (Lipinski definition) is 4. The first-order valence-corrected chi connectivity index (χ1v) is 8.89. The first kappa shape index (κ1) is 14.9. The van der Waals surface area contributed by atoms with Crippen molar-refractivity contribution in [1.29, 1.82) is 0 Å². The van der Waals surface area contributed by atoms with Crippen molar-refractivity contribution >= 4 is 16.6 Å². The van der Waals surface area contributed by atoms with Crippen molar-refractivity contribution in [3.05, 3.63) is 36.5 Å². The molecule has 2 heterocycles. The fourth-order valence-corrected chi connectivity index (χ4v) is 4.19. The molecule has 1 aliphatic carbocycles. The molecule has 1 saturated heterocycles. The molecule has 0 spiro atoms. The summed E-state index contributed by atoms with van der Waals surface area (Å²) >= 11 is 0. The molecule has 1 saturated carbocycles. The van der Waals surface area contributed by atoms with Crippen LogP contribution in [0.4, 0.5) is 5.82 Å². The van der Waals surface area contributed by atoms with Crippen molar-refractivity contribution in [3.8, 4) is 0 Å². The zero-order valence-electron chi connectivity index (χ0n) is 13.7. The van der Waals surface area contributed by atoms with Gasteiger partial charge in [-0.05, 0) is 30.7 Å². The normalized spacial score (nSPS) is 26.6. The molecule has 4 nitrogen and oxygen atoms in total. The van der Waals surface area contributed by atoms with Gasteiger partial charge in [0.05, 0.1) is 0 Å². The van der Waals surface area contributed by atoms with Crippen LogP contribution in [0.25, 0.3) is 10.8 Å². The Labute approximate surface area is 138 Å². The minimum absolute atomic E-state index is 0.409. The highest BCUT2D eigenvalue weighted by molar-refractivity contribution is 5.92. The molecule has 1 aromatic carbocycles. The molecule has 0 radical (unpaired) electrons. The standard InChI is InChI=1S/C19H26N4/c20-16-5-3-6-17(14-16)22-10-12-23(13-11-22)19-18-7-2-1-4-15(18)8-9-21-19/h1-2,4,7-9,16-17H,3,5-6,10-14,20H2. The van der Waals surface area contributed by atoms with Gasteiger partial charge in [0.1, 0.15) is 5.82 Å². The molecule has 122 valence electrons. The van der Waals surface area contributed by atoms with Gasteiger partial charge in [-0.1, -0.05) is 30.7 Å². The number of nitrogens with two attached hydrogens (primary N) is 1. The molecule has 0 amide bonds. The number of hydrogen-bond donors (Lipinski definition) is 1. The van der Waals surface area contributed by atoms with Crippen LogP contribution in [0.1, 0.15) is 25.7 Å². The maximum Gasteiger partial charge on any atom is 0.136 e. The Balaban J connectivity index is 1.46. The number of benzene rings is 1. The second kappa shape index (κ2) is 6.46. The zero-order valence-corrected chi connectivity index (χ0v) is 13.7. The SMILES string of the molecule is NC1CCCC(N2CCN(c3nccc4ccccc34)CC2)C1. The van der Waals surface area contributed by atoms with E-state index in [0.29, 0.717) is 12.1 Å². The first-order chi connectivity index (χ1) is 11.3. The summed E-state index contributed by atoms with van der Waals surface area (Å²) in [5.41, 5.74) is 6.17. The van der Waals surface area contributed by atoms with E-state index in [4.69, 9.17) is 5.73 Å². The Morgan fingerprint density at radius 2 is 1.83 bits per heavy atom. The van der Waals surface area contributed by atoms with E-state index in [1.807, 2.05) is 6.20 Å². The summed E-state index contributed by atoms with van der Waals surface area (Å²) in [6.45, 7) is 4.38. The van der Waals surface area contributed by atoms with Gasteiger partial charge in [-0.2, -0.15) is 0 Å². The Hall–Kier alpha value is -1.65. The molecule has 0 bridgehead atoms. The van der Waals surface area contributed by atoms with Crippen LogP contribution in [0.15, 0.2) is 36.5 Å². The molecule has 2 unspecified atom stereocenters. The van der Waals surface area contributed by atoms with Crippen LogP contribution in [-0.2, 0) is 0 Å². The van der Waals surface area contributed by atoms with Crippen molar-refractivity contribution in [2.75, 3.05) is 31.1 Å². The molecule has 4 rings (SSSR count). The van der Waals surface area contributed by atoms with Crippen LogP contribution in [0.5, 0.6) is 0 Å². The third-order valence-electron chi connectivity index (χ3n) is 5.47. The van der Waals surface area contributed by atoms with Crippen molar-refractivity contribution in [3.63, 3.8) is 0 Å². The number of aromatic nitrogens is 1. The smallest absolute Gasteiger partial charge is 0.136 e. The predicted octanol–water partition coefficient (Wildman–Crippen LogP) is 2.63. The van der Waals surface area contributed by atoms with Crippen molar-refractivity contribution in [2.24, 2.45) is 5.73 Å². The molecule has 1 aliphatic heterocycles. The summed E-state index contributed by atoms with van der Waals surface area (Å²) < 4.78 is 0. The highest BCUT2D eigenvalue weighted by Crippen LogP contribution is 2.27. The van der Waals surface area contributed by atoms with Crippen LogP contribution in [0.2, 0.25) is 0 Å². The van der Waals surface area contributed by atoms with E-state index >= 15 is 0 Å². The maximum atomic E-state index is 6.17. The van der Waals surface area contributed by atoms with Gasteiger partial charge < -0.3 is 10.6 Å². The van der Waals surface area contributed by atoms with Gasteiger partial charge in [-0.3, -0.25) is 4.90 Å². The van der Waals surface area contributed by atoms with Gasteiger partial charge in [-0.15, -0.1) is 0 Å². The number of rotatable bonds is 2. The lowest BCUT2D eigenvalue weighted by molar-refractivity contribution is 0.139. The van der Waals surface area contributed by atoms with Crippen molar-refractivity contribution in [2.45, 2.75) is 37.8 Å². The molecule has 2 aromatic rings. The number of nitrogens with zero attached hydrogens (tertiary/aromatic N) is 3. The first-order valence-electron chi connectivity index (χ1n) is 8.89. The quantitative estimate of drug-likeness (QED) is 0.926. The fraction of sp³-hybridized carbons (Fsp3) is 0.526. The van der Waals surface area contributed by atoms with Crippen LogP contribution >= 0.6 is 0 Å². The van der Waals surface area contributed by atoms with E-state index < -0.39 is 0 Å². The van der Waals surface area contributed by atoms with Crippen LogP contribution in [0.3, 0.4) is 0 Å².